The molecule has 6 radical (unpaired) electrons. The van der Waals surface area contributed by atoms with Crippen molar-refractivity contribution >= 4 is 28.5 Å². The molecule has 2 rings (SSSR count). The first-order valence-corrected chi connectivity index (χ1v) is 6.29. The van der Waals surface area contributed by atoms with Gasteiger partial charge in [-0.25, -0.2) is 9.98 Å². The fourth-order valence-electron chi connectivity index (χ4n) is 1.94. The number of azo groups is 2. The Morgan fingerprint density at radius 1 is 0.714 bits per heavy atom. The fourth-order valence-corrected chi connectivity index (χ4v) is 1.94. The Morgan fingerprint density at radius 2 is 1.10 bits per heavy atom. The summed E-state index contributed by atoms with van der Waals surface area (Å²) in [5.41, 5.74) is 1.19. The molecule has 0 N–H and O–H groups in total. The molecule has 0 aromatic rings. The predicted octanol–water partition coefficient (Wildman–Crippen LogP) is 3.28. The first kappa shape index (κ1) is 19.1. The minimum Gasteiger partial charge on any atom is -0.238 e. The Hall–Kier alpha value is -1.85. The summed E-state index contributed by atoms with van der Waals surface area (Å²) in [5.74, 6) is 1.26. The first-order valence-electron chi connectivity index (χ1n) is 6.29. The molecule has 8 heteroatoms. The molecule has 0 aromatic carbocycles. The second-order valence-electron chi connectivity index (χ2n) is 4.80. The molecule has 0 bridgehead atoms. The molecular weight excluding hydrogens is 262 g/mol. The average Bonchev–Trinajstić information content (AvgIpc) is 2.35. The van der Waals surface area contributed by atoms with Crippen molar-refractivity contribution in [1.29, 1.82) is 0 Å². The third kappa shape index (κ3) is 5.21. The molecule has 6 nitrogen and oxygen atoms in total. The van der Waals surface area contributed by atoms with Crippen LogP contribution in [0.15, 0.2) is 54.0 Å². The van der Waals surface area contributed by atoms with E-state index in [9.17, 15) is 0 Å². The number of allylic oxidation sites excluding steroid dienone is 2. The molecule has 0 aliphatic carbocycles. The van der Waals surface area contributed by atoms with Crippen LogP contribution >= 0.6 is 0 Å². The molecule has 0 saturated carbocycles. The van der Waals surface area contributed by atoms with Gasteiger partial charge in [-0.2, -0.15) is 10.2 Å². The van der Waals surface area contributed by atoms with Gasteiger partial charge >= 0.3 is 0 Å². The highest BCUT2D eigenvalue weighted by Crippen LogP contribution is 2.29. The van der Waals surface area contributed by atoms with Gasteiger partial charge in [0.1, 0.15) is 11.7 Å². The molecule has 0 aromatic heterocycles. The summed E-state index contributed by atoms with van der Waals surface area (Å²) in [6, 6.07) is 0. The van der Waals surface area contributed by atoms with Crippen LogP contribution in [-0.2, 0) is 0 Å². The second kappa shape index (κ2) is 7.81. The Kier molecular flexibility index (Phi) is 7.12. The van der Waals surface area contributed by atoms with Crippen LogP contribution in [0.4, 0.5) is 0 Å². The van der Waals surface area contributed by atoms with Crippen LogP contribution in [0.25, 0.3) is 0 Å². The van der Waals surface area contributed by atoms with E-state index in [1.807, 2.05) is 39.8 Å². The summed E-state index contributed by atoms with van der Waals surface area (Å²) in [6.45, 7) is 7.53. The normalized spacial score (nSPS) is 27.4. The molecule has 2 heterocycles. The van der Waals surface area contributed by atoms with Gasteiger partial charge in [0.2, 0.25) is 0 Å². The third-order valence-corrected chi connectivity index (χ3v) is 2.89. The molecule has 1 spiro atoms. The lowest BCUT2D eigenvalue weighted by Crippen LogP contribution is -2.26. The fraction of sp³-hybridized carbons (Fsp3) is 0.538. The minimum atomic E-state index is -0.574. The summed E-state index contributed by atoms with van der Waals surface area (Å²) >= 11 is 0. The largest absolute Gasteiger partial charge is 0.238 e. The highest BCUT2D eigenvalue weighted by atomic mass is 15.2. The Labute approximate surface area is 129 Å². The topological polar surface area (TPSA) is 74.2 Å². The van der Waals surface area contributed by atoms with E-state index in [2.05, 4.69) is 30.4 Å². The second-order valence-corrected chi connectivity index (χ2v) is 4.80. The van der Waals surface area contributed by atoms with Gasteiger partial charge in [0.15, 0.2) is 5.66 Å². The highest BCUT2D eigenvalue weighted by molar-refractivity contribution is 5.82. The van der Waals surface area contributed by atoms with Gasteiger partial charge in [-0.3, -0.25) is 0 Å². The zero-order valence-electron chi connectivity index (χ0n) is 12.9. The van der Waals surface area contributed by atoms with Gasteiger partial charge < -0.3 is 0 Å². The van der Waals surface area contributed by atoms with Gasteiger partial charge in [0.25, 0.3) is 0 Å². The smallest absolute Gasteiger partial charge is 0.161 e. The van der Waals surface area contributed by atoms with Crippen LogP contribution < -0.4 is 0 Å². The molecule has 1 unspecified atom stereocenters. The molecule has 0 fully saturated rings. The van der Waals surface area contributed by atoms with E-state index in [0.29, 0.717) is 24.5 Å². The van der Waals surface area contributed by atoms with Crippen molar-refractivity contribution in [2.75, 3.05) is 0 Å². The van der Waals surface area contributed by atoms with Crippen molar-refractivity contribution in [3.05, 3.63) is 23.5 Å². The molecule has 106 valence electrons. The highest BCUT2D eigenvalue weighted by Gasteiger charge is 2.28. The van der Waals surface area contributed by atoms with Crippen molar-refractivity contribution in [2.45, 2.75) is 46.2 Å². The maximum Gasteiger partial charge on any atom is 0.161 e. The number of nitrogens with zero attached hydrogens (tertiary/aromatic N) is 6. The molecule has 1 atom stereocenters. The van der Waals surface area contributed by atoms with E-state index in [4.69, 9.17) is 0 Å². The van der Waals surface area contributed by atoms with Gasteiger partial charge in [-0.15, -0.1) is 10.2 Å². The van der Waals surface area contributed by atoms with Crippen molar-refractivity contribution < 1.29 is 0 Å². The van der Waals surface area contributed by atoms with Gasteiger partial charge in [0.05, 0.1) is 11.4 Å². The van der Waals surface area contributed by atoms with Crippen LogP contribution in [0.3, 0.4) is 0 Å². The lowest BCUT2D eigenvalue weighted by molar-refractivity contribution is 0.454. The molecule has 0 amide bonds. The van der Waals surface area contributed by atoms with E-state index in [1.165, 1.54) is 0 Å². The Bertz CT molecular complexity index is 507. The van der Waals surface area contributed by atoms with Crippen molar-refractivity contribution in [2.24, 2.45) is 30.4 Å². The standard InChI is InChI=1S/C13H18N6.2B/c1-9-5-7-13(14-11(3)18-16-9)8-6-10(2)17-19-12(4)15-13;;/h5-6H,7-8H2,1-4H3;;/b9-5-,10-6?,14-11?,15-12?,18-16?,19-17?;;. The average molecular weight is 280 g/mol. The quantitative estimate of drug-likeness (QED) is 0.611. The van der Waals surface area contributed by atoms with E-state index in [0.717, 1.165) is 11.4 Å². The summed E-state index contributed by atoms with van der Waals surface area (Å²) < 4.78 is 0. The maximum absolute atomic E-state index is 4.63. The van der Waals surface area contributed by atoms with E-state index < -0.39 is 5.66 Å². The SMILES string of the molecule is CC1=CCC2(C/C=C(/C)N=NC(C)=N2)N=C(C)N=N1.[B].[B]. The number of amidine groups is 2. The van der Waals surface area contributed by atoms with Crippen LogP contribution in [0.5, 0.6) is 0 Å². The van der Waals surface area contributed by atoms with Gasteiger partial charge in [-0.1, -0.05) is 12.2 Å². The van der Waals surface area contributed by atoms with Gasteiger partial charge in [0, 0.05) is 29.7 Å². The van der Waals surface area contributed by atoms with Gasteiger partial charge in [-0.05, 0) is 27.7 Å². The molecular formula is C13H18B2N6. The minimum absolute atomic E-state index is 0. The lowest BCUT2D eigenvalue weighted by atomic mass is 10.0. The molecule has 0 saturated heterocycles. The zero-order valence-corrected chi connectivity index (χ0v) is 12.9. The molecule has 2 aliphatic rings. The van der Waals surface area contributed by atoms with E-state index in [-0.39, 0.29) is 16.8 Å². The van der Waals surface area contributed by atoms with Crippen molar-refractivity contribution in [3.8, 4) is 0 Å². The zero-order chi connectivity index (χ0) is 13.9. The number of aliphatic imine (C=N–C) groups is 2. The predicted molar refractivity (Wildman–Crippen MR) is 86.9 cm³/mol. The van der Waals surface area contributed by atoms with Crippen LogP contribution in [0.2, 0.25) is 0 Å². The summed E-state index contributed by atoms with van der Waals surface area (Å²) in [4.78, 5) is 9.25. The van der Waals surface area contributed by atoms with Crippen LogP contribution in [-0.4, -0.2) is 34.2 Å². The van der Waals surface area contributed by atoms with Crippen molar-refractivity contribution in [1.82, 2.24) is 0 Å². The monoisotopic (exact) mass is 280 g/mol. The maximum atomic E-state index is 4.63. The van der Waals surface area contributed by atoms with Crippen LogP contribution in [0, 0.1) is 0 Å². The summed E-state index contributed by atoms with van der Waals surface area (Å²) in [5, 5.41) is 16.3. The number of rotatable bonds is 0. The lowest BCUT2D eigenvalue weighted by Gasteiger charge is -2.25. The summed E-state index contributed by atoms with van der Waals surface area (Å²) in [6.07, 6.45) is 5.40. The van der Waals surface area contributed by atoms with E-state index in [1.54, 1.807) is 0 Å². The molecule has 2 aliphatic heterocycles. The first-order chi connectivity index (χ1) is 8.99. The Morgan fingerprint density at radius 3 is 1.48 bits per heavy atom. The van der Waals surface area contributed by atoms with Crippen LogP contribution in [0.1, 0.15) is 40.5 Å². The number of hydrogen-bond donors (Lipinski definition) is 0. The third-order valence-electron chi connectivity index (χ3n) is 2.89. The van der Waals surface area contributed by atoms with E-state index >= 15 is 0 Å². The summed E-state index contributed by atoms with van der Waals surface area (Å²) in [7, 11) is 0. The molecule has 21 heavy (non-hydrogen) atoms. The number of hydrogen-bond acceptors (Lipinski definition) is 6. The Balaban J connectivity index is 0.00000200. The van der Waals surface area contributed by atoms with Crippen molar-refractivity contribution in [3.63, 3.8) is 0 Å².